The van der Waals surface area contributed by atoms with Crippen LogP contribution in [0, 0.1) is 0 Å². The van der Waals surface area contributed by atoms with E-state index in [1.54, 1.807) is 36.5 Å². The molecule has 0 radical (unpaired) electrons. The zero-order valence-electron chi connectivity index (χ0n) is 18.3. The number of anilines is 2. The van der Waals surface area contributed by atoms with Gasteiger partial charge in [-0.3, -0.25) is 24.7 Å². The molecule has 35 heavy (non-hydrogen) atoms. The number of amides is 2. The molecule has 3 aromatic rings. The van der Waals surface area contributed by atoms with Crippen LogP contribution in [0.2, 0.25) is 0 Å². The molecule has 0 spiro atoms. The Morgan fingerprint density at radius 2 is 2.11 bits per heavy atom. The third kappa shape index (κ3) is 6.28. The molecule has 0 bridgehead atoms. The average Bonchev–Trinajstić information content (AvgIpc) is 3.35. The van der Waals surface area contributed by atoms with Crippen LogP contribution >= 0.6 is 0 Å². The summed E-state index contributed by atoms with van der Waals surface area (Å²) in [4.78, 5) is 47.2. The van der Waals surface area contributed by atoms with Crippen molar-refractivity contribution in [3.05, 3.63) is 60.7 Å². The number of aliphatic carboxylic acids is 1. The van der Waals surface area contributed by atoms with Crippen LogP contribution in [-0.4, -0.2) is 54.2 Å². The lowest BCUT2D eigenvalue weighted by molar-refractivity contribution is -0.139. The Morgan fingerprint density at radius 1 is 1.26 bits per heavy atom. The second-order valence-electron chi connectivity index (χ2n) is 7.62. The monoisotopic (exact) mass is 498 g/mol. The van der Waals surface area contributed by atoms with Crippen LogP contribution in [0.25, 0.3) is 0 Å². The Kier molecular flexibility index (Phi) is 7.48. The summed E-state index contributed by atoms with van der Waals surface area (Å²) in [7, 11) is -1.76. The van der Waals surface area contributed by atoms with Crippen LogP contribution in [0.1, 0.15) is 18.4 Å². The normalized spacial score (nSPS) is 16.3. The number of carboxylic acids is 1. The third-order valence-corrected chi connectivity index (χ3v) is 6.26. The Labute approximate surface area is 202 Å². The van der Waals surface area contributed by atoms with Crippen molar-refractivity contribution in [2.24, 2.45) is 0 Å². The van der Waals surface area contributed by atoms with E-state index in [2.05, 4.69) is 30.3 Å². The van der Waals surface area contributed by atoms with E-state index < -0.39 is 35.0 Å². The maximum absolute atomic E-state index is 12.5. The molecular formula is C22H22N6O6S. The molecule has 0 saturated heterocycles. The first-order chi connectivity index (χ1) is 16.9. The third-order valence-electron chi connectivity index (χ3n) is 5.09. The standard InChI is InChI=1S/C22H22N6O6S/c29-19(27-22-24-8-9-25-22)6-5-18-20(30)26-15-10-13(3-4-17(15)34-18)11-16(21(31)32)28-35(33)14-2-1-7-23-12-14/h1-4,7-10,12,16,18,28H,5-6,11H2,(H,26,30)(H,31,32)(H2,24,25,27,29)/t16-,18?,35?/m0/s1. The maximum Gasteiger partial charge on any atom is 0.321 e. The number of rotatable bonds is 10. The van der Waals surface area contributed by atoms with E-state index >= 15 is 0 Å². The summed E-state index contributed by atoms with van der Waals surface area (Å²) in [6, 6.07) is 6.94. The molecule has 0 fully saturated rings. The highest BCUT2D eigenvalue weighted by molar-refractivity contribution is 7.83. The van der Waals surface area contributed by atoms with Gasteiger partial charge in [0.1, 0.15) is 22.8 Å². The van der Waals surface area contributed by atoms with Gasteiger partial charge in [0.15, 0.2) is 6.10 Å². The fourth-order valence-corrected chi connectivity index (χ4v) is 4.31. The summed E-state index contributed by atoms with van der Waals surface area (Å²) in [6.07, 6.45) is 5.37. The number of benzene rings is 1. The molecule has 1 aliphatic heterocycles. The van der Waals surface area contributed by atoms with Crippen molar-refractivity contribution < 1.29 is 28.4 Å². The summed E-state index contributed by atoms with van der Waals surface area (Å²) in [5.74, 6) is -1.17. The van der Waals surface area contributed by atoms with E-state index in [1.165, 1.54) is 18.6 Å². The van der Waals surface area contributed by atoms with Gasteiger partial charge in [-0.2, -0.15) is 0 Å². The molecule has 1 aromatic carbocycles. The van der Waals surface area contributed by atoms with Gasteiger partial charge >= 0.3 is 5.97 Å². The van der Waals surface area contributed by atoms with Crippen LogP contribution in [0.15, 0.2) is 60.0 Å². The van der Waals surface area contributed by atoms with E-state index in [9.17, 15) is 23.7 Å². The number of aromatic amines is 1. The van der Waals surface area contributed by atoms with E-state index in [1.807, 2.05) is 0 Å². The summed E-state index contributed by atoms with van der Waals surface area (Å²) in [6.45, 7) is 0. The highest BCUT2D eigenvalue weighted by atomic mass is 32.2. The van der Waals surface area contributed by atoms with Crippen molar-refractivity contribution in [1.82, 2.24) is 19.7 Å². The minimum atomic E-state index is -1.76. The molecule has 2 amide bonds. The molecule has 2 unspecified atom stereocenters. The van der Waals surface area contributed by atoms with Crippen LogP contribution in [0.5, 0.6) is 5.75 Å². The highest BCUT2D eigenvalue weighted by Gasteiger charge is 2.29. The number of ether oxygens (including phenoxy) is 1. The number of imidazole rings is 1. The lowest BCUT2D eigenvalue weighted by Gasteiger charge is -2.26. The Hall–Kier alpha value is -4.10. The van der Waals surface area contributed by atoms with Crippen molar-refractivity contribution in [3.8, 4) is 5.75 Å². The number of nitrogens with one attached hydrogen (secondary N) is 4. The summed E-state index contributed by atoms with van der Waals surface area (Å²) in [5.41, 5.74) is 0.980. The Bertz CT molecular complexity index is 1240. The smallest absolute Gasteiger partial charge is 0.321 e. The summed E-state index contributed by atoms with van der Waals surface area (Å²) >= 11 is 0. The van der Waals surface area contributed by atoms with Gasteiger partial charge in [-0.25, -0.2) is 13.9 Å². The molecule has 3 heterocycles. The van der Waals surface area contributed by atoms with Gasteiger partial charge in [0.25, 0.3) is 5.91 Å². The number of carbonyl (C=O) groups excluding carboxylic acids is 2. The van der Waals surface area contributed by atoms with Gasteiger partial charge < -0.3 is 20.1 Å². The van der Waals surface area contributed by atoms with Gasteiger partial charge in [-0.1, -0.05) is 6.07 Å². The van der Waals surface area contributed by atoms with Crippen LogP contribution < -0.4 is 20.1 Å². The Morgan fingerprint density at radius 3 is 2.83 bits per heavy atom. The summed E-state index contributed by atoms with van der Waals surface area (Å²) in [5, 5.41) is 14.9. The average molecular weight is 499 g/mol. The van der Waals surface area contributed by atoms with Crippen LogP contribution in [0.4, 0.5) is 11.6 Å². The Balaban J connectivity index is 1.36. The molecule has 3 atom stereocenters. The van der Waals surface area contributed by atoms with E-state index in [0.717, 1.165) is 0 Å². The zero-order valence-corrected chi connectivity index (χ0v) is 19.1. The predicted molar refractivity (Wildman–Crippen MR) is 125 cm³/mol. The SMILES string of the molecule is O=C(CCC1Oc2ccc(C[C@H](NS(=O)c3cccnc3)C(=O)O)cc2NC1=O)Nc1ncc[nH]1. The molecule has 4 rings (SSSR count). The van der Waals surface area contributed by atoms with Crippen molar-refractivity contribution in [2.45, 2.75) is 36.3 Å². The van der Waals surface area contributed by atoms with Gasteiger partial charge in [-0.15, -0.1) is 0 Å². The molecular weight excluding hydrogens is 476 g/mol. The van der Waals surface area contributed by atoms with Gasteiger partial charge in [0, 0.05) is 37.6 Å². The second kappa shape index (κ2) is 10.9. The fraction of sp³-hybridized carbons (Fsp3) is 0.227. The lowest BCUT2D eigenvalue weighted by Crippen LogP contribution is -2.40. The minimum absolute atomic E-state index is 0.0147. The van der Waals surface area contributed by atoms with E-state index in [4.69, 9.17) is 4.74 Å². The molecule has 5 N–H and O–H groups in total. The molecule has 0 saturated carbocycles. The fourth-order valence-electron chi connectivity index (χ4n) is 3.37. The minimum Gasteiger partial charge on any atom is -0.480 e. The first-order valence-electron chi connectivity index (χ1n) is 10.6. The number of hydrogen-bond donors (Lipinski definition) is 5. The second-order valence-corrected chi connectivity index (χ2v) is 8.87. The van der Waals surface area contributed by atoms with Crippen molar-refractivity contribution in [3.63, 3.8) is 0 Å². The first-order valence-corrected chi connectivity index (χ1v) is 11.7. The number of carbonyl (C=O) groups is 3. The topological polar surface area (TPSA) is 175 Å². The molecule has 2 aromatic heterocycles. The van der Waals surface area contributed by atoms with E-state index in [0.29, 0.717) is 27.8 Å². The number of nitrogens with zero attached hydrogens (tertiary/aromatic N) is 2. The summed E-state index contributed by atoms with van der Waals surface area (Å²) < 4.78 is 20.8. The van der Waals surface area contributed by atoms with Crippen molar-refractivity contribution in [1.29, 1.82) is 0 Å². The molecule has 0 aliphatic carbocycles. The predicted octanol–water partition coefficient (Wildman–Crippen LogP) is 1.23. The molecule has 182 valence electrons. The highest BCUT2D eigenvalue weighted by Crippen LogP contribution is 2.32. The number of fused-ring (bicyclic) bond motifs is 1. The van der Waals surface area contributed by atoms with Crippen molar-refractivity contribution >= 4 is 40.4 Å². The molecule has 13 heteroatoms. The van der Waals surface area contributed by atoms with Gasteiger partial charge in [0.05, 0.1) is 10.6 Å². The molecule has 12 nitrogen and oxygen atoms in total. The lowest BCUT2D eigenvalue weighted by atomic mass is 10.0. The van der Waals surface area contributed by atoms with Gasteiger partial charge in [-0.05, 0) is 36.2 Å². The van der Waals surface area contributed by atoms with Crippen LogP contribution in [-0.2, 0) is 31.8 Å². The number of carboxylic acid groups (broad SMARTS) is 1. The number of aromatic nitrogens is 3. The molecule has 1 aliphatic rings. The number of pyridine rings is 1. The maximum atomic E-state index is 12.5. The van der Waals surface area contributed by atoms with E-state index in [-0.39, 0.29) is 25.2 Å². The zero-order chi connectivity index (χ0) is 24.8. The van der Waals surface area contributed by atoms with Gasteiger partial charge in [0.2, 0.25) is 11.9 Å². The first kappa shape index (κ1) is 24.0. The quantitative estimate of drug-likeness (QED) is 0.277. The van der Waals surface area contributed by atoms with Crippen molar-refractivity contribution in [2.75, 3.05) is 10.6 Å². The van der Waals surface area contributed by atoms with Crippen LogP contribution in [0.3, 0.4) is 0 Å². The largest absolute Gasteiger partial charge is 0.480 e. The number of H-pyrrole nitrogens is 1. The number of hydrogen-bond acceptors (Lipinski definition) is 7.